The predicted octanol–water partition coefficient (Wildman–Crippen LogP) is 1.11. The van der Waals surface area contributed by atoms with Crippen LogP contribution in [-0.4, -0.2) is 50.1 Å². The zero-order chi connectivity index (χ0) is 14.5. The minimum absolute atomic E-state index is 0.0677. The zero-order valence-electron chi connectivity index (χ0n) is 11.6. The number of hydrogen-bond donors (Lipinski definition) is 1. The number of aromatic nitrogens is 3. The van der Waals surface area contributed by atoms with Crippen LogP contribution in [0.4, 0.5) is 0 Å². The maximum Gasteiger partial charge on any atom is 0.256 e. The number of benzene rings is 1. The minimum Gasteiger partial charge on any atom is -0.394 e. The maximum atomic E-state index is 12.6. The molecule has 1 heterocycles. The lowest BCUT2D eigenvalue weighted by Crippen LogP contribution is -2.40. The summed E-state index contributed by atoms with van der Waals surface area (Å²) < 4.78 is 0. The lowest BCUT2D eigenvalue weighted by molar-refractivity contribution is 0.0632. The molecular weight excluding hydrogens is 256 g/mol. The normalized spacial score (nSPS) is 12.2. The zero-order valence-corrected chi connectivity index (χ0v) is 11.6. The van der Waals surface area contributed by atoms with Gasteiger partial charge in [0.05, 0.1) is 36.3 Å². The molecule has 6 heteroatoms. The summed E-state index contributed by atoms with van der Waals surface area (Å²) in [5.41, 5.74) is 1.15. The molecule has 0 aliphatic rings. The second-order valence-electron chi connectivity index (χ2n) is 4.46. The summed E-state index contributed by atoms with van der Waals surface area (Å²) in [4.78, 5) is 15.7. The molecule has 2 aromatic rings. The van der Waals surface area contributed by atoms with Gasteiger partial charge in [-0.1, -0.05) is 12.1 Å². The van der Waals surface area contributed by atoms with Crippen molar-refractivity contribution in [3.63, 3.8) is 0 Å². The van der Waals surface area contributed by atoms with Crippen molar-refractivity contribution in [1.29, 1.82) is 0 Å². The van der Waals surface area contributed by atoms with E-state index in [0.717, 1.165) is 0 Å². The van der Waals surface area contributed by atoms with Crippen molar-refractivity contribution in [2.24, 2.45) is 0 Å². The van der Waals surface area contributed by atoms with E-state index in [-0.39, 0.29) is 18.6 Å². The van der Waals surface area contributed by atoms with E-state index in [9.17, 15) is 9.90 Å². The first kappa shape index (κ1) is 14.2. The SMILES string of the molecule is CCN(C(=O)c1ccccc1-n1nccn1)[C@@H](C)CO. The molecule has 0 aliphatic heterocycles. The molecule has 0 bridgehead atoms. The molecule has 1 amide bonds. The molecule has 0 unspecified atom stereocenters. The van der Waals surface area contributed by atoms with Crippen LogP contribution < -0.4 is 0 Å². The number of amides is 1. The van der Waals surface area contributed by atoms with Crippen LogP contribution in [0.1, 0.15) is 24.2 Å². The summed E-state index contributed by atoms with van der Waals surface area (Å²) in [5.74, 6) is -0.137. The van der Waals surface area contributed by atoms with Gasteiger partial charge in [0.1, 0.15) is 0 Å². The number of rotatable bonds is 5. The van der Waals surface area contributed by atoms with Crippen molar-refractivity contribution in [2.75, 3.05) is 13.2 Å². The van der Waals surface area contributed by atoms with Gasteiger partial charge in [0.25, 0.3) is 5.91 Å². The van der Waals surface area contributed by atoms with E-state index >= 15 is 0 Å². The van der Waals surface area contributed by atoms with Gasteiger partial charge in [-0.2, -0.15) is 15.0 Å². The number of aliphatic hydroxyl groups excluding tert-OH is 1. The molecule has 0 saturated carbocycles. The molecule has 0 radical (unpaired) electrons. The number of aliphatic hydroxyl groups is 1. The fourth-order valence-corrected chi connectivity index (χ4v) is 2.08. The Labute approximate surface area is 117 Å². The van der Waals surface area contributed by atoms with Crippen LogP contribution in [0.2, 0.25) is 0 Å². The third-order valence-electron chi connectivity index (χ3n) is 3.17. The summed E-state index contributed by atoms with van der Waals surface area (Å²) in [6, 6.07) is 6.95. The molecule has 1 N–H and O–H groups in total. The van der Waals surface area contributed by atoms with Gasteiger partial charge < -0.3 is 10.0 Å². The van der Waals surface area contributed by atoms with Crippen molar-refractivity contribution in [2.45, 2.75) is 19.9 Å². The molecular formula is C14H18N4O2. The third kappa shape index (κ3) is 2.70. The van der Waals surface area contributed by atoms with E-state index in [1.54, 1.807) is 35.5 Å². The predicted molar refractivity (Wildman–Crippen MR) is 74.6 cm³/mol. The molecule has 2 rings (SSSR count). The lowest BCUT2D eigenvalue weighted by atomic mass is 10.1. The van der Waals surface area contributed by atoms with Crippen LogP contribution in [0.15, 0.2) is 36.7 Å². The molecule has 0 fully saturated rings. The number of likely N-dealkylation sites (N-methyl/N-ethyl adjacent to an activating group) is 1. The van der Waals surface area contributed by atoms with Gasteiger partial charge in [-0.05, 0) is 26.0 Å². The Kier molecular flexibility index (Phi) is 4.47. The van der Waals surface area contributed by atoms with E-state index in [2.05, 4.69) is 10.2 Å². The molecule has 0 spiro atoms. The van der Waals surface area contributed by atoms with Crippen LogP contribution in [0.25, 0.3) is 5.69 Å². The first-order chi connectivity index (χ1) is 9.69. The van der Waals surface area contributed by atoms with E-state index in [1.807, 2.05) is 19.9 Å². The number of nitrogens with zero attached hydrogens (tertiary/aromatic N) is 4. The van der Waals surface area contributed by atoms with Gasteiger partial charge in [0.2, 0.25) is 0 Å². The Bertz CT molecular complexity index is 568. The fourth-order valence-electron chi connectivity index (χ4n) is 2.08. The number of carbonyl (C=O) groups excluding carboxylic acids is 1. The maximum absolute atomic E-state index is 12.6. The Morgan fingerprint density at radius 2 is 2.00 bits per heavy atom. The number of para-hydroxylation sites is 1. The second kappa shape index (κ2) is 6.29. The van der Waals surface area contributed by atoms with Crippen molar-refractivity contribution < 1.29 is 9.90 Å². The standard InChI is InChI=1S/C14H18N4O2/c1-3-17(11(2)10-19)14(20)12-6-4-5-7-13(12)18-15-8-9-16-18/h4-9,11,19H,3,10H2,1-2H3/t11-/m0/s1. The summed E-state index contributed by atoms with van der Waals surface area (Å²) in [6.45, 7) is 4.16. The van der Waals surface area contributed by atoms with Crippen molar-refractivity contribution in [3.05, 3.63) is 42.2 Å². The van der Waals surface area contributed by atoms with Crippen LogP contribution in [-0.2, 0) is 0 Å². The van der Waals surface area contributed by atoms with Crippen LogP contribution in [0.5, 0.6) is 0 Å². The average molecular weight is 274 g/mol. The highest BCUT2D eigenvalue weighted by Crippen LogP contribution is 2.16. The summed E-state index contributed by atoms with van der Waals surface area (Å²) in [5, 5.41) is 17.4. The van der Waals surface area contributed by atoms with Gasteiger partial charge in [0.15, 0.2) is 0 Å². The monoisotopic (exact) mass is 274 g/mol. The highest BCUT2D eigenvalue weighted by molar-refractivity contribution is 5.97. The van der Waals surface area contributed by atoms with Crippen LogP contribution >= 0.6 is 0 Å². The summed E-state index contributed by atoms with van der Waals surface area (Å²) in [6.07, 6.45) is 3.13. The molecule has 1 atom stereocenters. The van der Waals surface area contributed by atoms with Crippen molar-refractivity contribution in [1.82, 2.24) is 19.9 Å². The highest BCUT2D eigenvalue weighted by atomic mass is 16.3. The van der Waals surface area contributed by atoms with Gasteiger partial charge >= 0.3 is 0 Å². The van der Waals surface area contributed by atoms with Gasteiger partial charge in [0, 0.05) is 6.54 Å². The fraction of sp³-hybridized carbons (Fsp3) is 0.357. The molecule has 1 aromatic heterocycles. The summed E-state index contributed by atoms with van der Waals surface area (Å²) in [7, 11) is 0. The lowest BCUT2D eigenvalue weighted by Gasteiger charge is -2.27. The Morgan fingerprint density at radius 3 is 2.60 bits per heavy atom. The number of carbonyl (C=O) groups is 1. The van der Waals surface area contributed by atoms with Gasteiger partial charge in [-0.25, -0.2) is 0 Å². The van der Waals surface area contributed by atoms with Gasteiger partial charge in [-0.3, -0.25) is 4.79 Å². The van der Waals surface area contributed by atoms with Crippen LogP contribution in [0, 0.1) is 0 Å². The van der Waals surface area contributed by atoms with E-state index in [0.29, 0.717) is 17.8 Å². The largest absolute Gasteiger partial charge is 0.394 e. The molecule has 106 valence electrons. The first-order valence-corrected chi connectivity index (χ1v) is 6.56. The highest BCUT2D eigenvalue weighted by Gasteiger charge is 2.22. The quantitative estimate of drug-likeness (QED) is 0.886. The van der Waals surface area contributed by atoms with E-state index in [1.165, 1.54) is 4.80 Å². The smallest absolute Gasteiger partial charge is 0.256 e. The number of hydrogen-bond acceptors (Lipinski definition) is 4. The molecule has 0 aliphatic carbocycles. The van der Waals surface area contributed by atoms with Crippen molar-refractivity contribution in [3.8, 4) is 5.69 Å². The van der Waals surface area contributed by atoms with Crippen LogP contribution in [0.3, 0.4) is 0 Å². The minimum atomic E-state index is -0.230. The Hall–Kier alpha value is -2.21. The average Bonchev–Trinajstić information content (AvgIpc) is 3.01. The summed E-state index contributed by atoms with van der Waals surface area (Å²) >= 11 is 0. The second-order valence-corrected chi connectivity index (χ2v) is 4.46. The Balaban J connectivity index is 2.40. The van der Waals surface area contributed by atoms with Crippen molar-refractivity contribution >= 4 is 5.91 Å². The van der Waals surface area contributed by atoms with Gasteiger partial charge in [-0.15, -0.1) is 0 Å². The topological polar surface area (TPSA) is 71.2 Å². The molecule has 6 nitrogen and oxygen atoms in total. The third-order valence-corrected chi connectivity index (χ3v) is 3.17. The van der Waals surface area contributed by atoms with E-state index < -0.39 is 0 Å². The van der Waals surface area contributed by atoms with E-state index in [4.69, 9.17) is 0 Å². The molecule has 0 saturated heterocycles. The Morgan fingerprint density at radius 1 is 1.35 bits per heavy atom. The molecule has 20 heavy (non-hydrogen) atoms. The first-order valence-electron chi connectivity index (χ1n) is 6.56. The molecule has 1 aromatic carbocycles.